The van der Waals surface area contributed by atoms with Crippen molar-refractivity contribution < 1.29 is 0 Å². The minimum absolute atomic E-state index is 0.480. The van der Waals surface area contributed by atoms with E-state index in [0.29, 0.717) is 6.04 Å². The van der Waals surface area contributed by atoms with E-state index >= 15 is 0 Å². The summed E-state index contributed by atoms with van der Waals surface area (Å²) in [5.74, 6) is 0. The van der Waals surface area contributed by atoms with Crippen LogP contribution in [-0.4, -0.2) is 6.54 Å². The zero-order valence-corrected chi connectivity index (χ0v) is 12.6. The number of rotatable bonds is 5. The van der Waals surface area contributed by atoms with Crippen LogP contribution >= 0.6 is 0 Å². The maximum absolute atomic E-state index is 3.66. The van der Waals surface area contributed by atoms with E-state index < -0.39 is 0 Å². The Morgan fingerprint density at radius 2 is 1.84 bits per heavy atom. The van der Waals surface area contributed by atoms with Gasteiger partial charge in [0.25, 0.3) is 0 Å². The van der Waals surface area contributed by atoms with Crippen molar-refractivity contribution in [1.82, 2.24) is 5.32 Å². The van der Waals surface area contributed by atoms with Crippen LogP contribution in [0.25, 0.3) is 0 Å². The van der Waals surface area contributed by atoms with Crippen molar-refractivity contribution in [3.63, 3.8) is 0 Å². The molecule has 1 N–H and O–H groups in total. The third kappa shape index (κ3) is 4.21. The second-order valence-electron chi connectivity index (χ2n) is 5.84. The third-order valence-corrected chi connectivity index (χ3v) is 3.95. The first kappa shape index (κ1) is 14.3. The summed E-state index contributed by atoms with van der Waals surface area (Å²) in [6, 6.07) is 7.41. The molecule has 0 saturated heterocycles. The first-order chi connectivity index (χ1) is 9.19. The number of aryl methyl sites for hydroxylation is 2. The predicted molar refractivity (Wildman–Crippen MR) is 83.5 cm³/mol. The van der Waals surface area contributed by atoms with Gasteiger partial charge in [-0.15, -0.1) is 0 Å². The van der Waals surface area contributed by atoms with Crippen LogP contribution in [0.2, 0.25) is 0 Å². The van der Waals surface area contributed by atoms with Crippen molar-refractivity contribution in [2.45, 2.75) is 58.9 Å². The lowest BCUT2D eigenvalue weighted by molar-refractivity contribution is 0.527. The van der Waals surface area contributed by atoms with Gasteiger partial charge in [-0.3, -0.25) is 0 Å². The summed E-state index contributed by atoms with van der Waals surface area (Å²) in [7, 11) is 0. The number of hydrogen-bond donors (Lipinski definition) is 1. The van der Waals surface area contributed by atoms with Crippen LogP contribution in [0, 0.1) is 13.8 Å². The highest BCUT2D eigenvalue weighted by atomic mass is 14.9. The van der Waals surface area contributed by atoms with Crippen molar-refractivity contribution in [3.8, 4) is 0 Å². The average Bonchev–Trinajstić information content (AvgIpc) is 2.38. The van der Waals surface area contributed by atoms with Gasteiger partial charge in [-0.1, -0.05) is 47.9 Å². The van der Waals surface area contributed by atoms with Gasteiger partial charge in [-0.2, -0.15) is 0 Å². The van der Waals surface area contributed by atoms with E-state index in [4.69, 9.17) is 0 Å². The smallest absolute Gasteiger partial charge is 0.0357 e. The topological polar surface area (TPSA) is 12.0 Å². The summed E-state index contributed by atoms with van der Waals surface area (Å²) in [6.45, 7) is 7.62. The van der Waals surface area contributed by atoms with Gasteiger partial charge < -0.3 is 5.32 Å². The molecule has 0 spiro atoms. The average molecular weight is 257 g/mol. The summed E-state index contributed by atoms with van der Waals surface area (Å²) < 4.78 is 0. The first-order valence-electron chi connectivity index (χ1n) is 7.68. The molecule has 1 aliphatic carbocycles. The summed E-state index contributed by atoms with van der Waals surface area (Å²) in [5, 5.41) is 3.66. The molecule has 104 valence electrons. The molecular formula is C18H27N. The van der Waals surface area contributed by atoms with Crippen LogP contribution in [0.15, 0.2) is 29.8 Å². The first-order valence-corrected chi connectivity index (χ1v) is 7.68. The van der Waals surface area contributed by atoms with Crippen LogP contribution in [0.1, 0.15) is 61.8 Å². The van der Waals surface area contributed by atoms with E-state index in [1.54, 1.807) is 5.57 Å². The third-order valence-electron chi connectivity index (χ3n) is 3.95. The Bertz CT molecular complexity index is 425. The fourth-order valence-corrected chi connectivity index (χ4v) is 3.12. The molecule has 0 amide bonds. The maximum atomic E-state index is 3.66. The molecular weight excluding hydrogens is 230 g/mol. The van der Waals surface area contributed by atoms with Crippen LogP contribution in [0.4, 0.5) is 0 Å². The normalized spacial score (nSPS) is 17.1. The zero-order chi connectivity index (χ0) is 13.7. The van der Waals surface area contributed by atoms with Gasteiger partial charge in [0.15, 0.2) is 0 Å². The molecule has 0 radical (unpaired) electrons. The number of nitrogens with one attached hydrogen (secondary N) is 1. The molecule has 0 aromatic heterocycles. The molecule has 19 heavy (non-hydrogen) atoms. The van der Waals surface area contributed by atoms with Crippen LogP contribution in [-0.2, 0) is 0 Å². The molecule has 0 fully saturated rings. The molecule has 0 saturated carbocycles. The minimum atomic E-state index is 0.480. The molecule has 0 aliphatic heterocycles. The van der Waals surface area contributed by atoms with Crippen LogP contribution in [0.5, 0.6) is 0 Å². The molecule has 1 aromatic rings. The summed E-state index contributed by atoms with van der Waals surface area (Å²) >= 11 is 0. The molecule has 1 atom stereocenters. The molecule has 0 heterocycles. The maximum Gasteiger partial charge on any atom is 0.0357 e. The number of hydrogen-bond acceptors (Lipinski definition) is 1. The van der Waals surface area contributed by atoms with E-state index in [9.17, 15) is 0 Å². The number of allylic oxidation sites excluding steroid dienone is 1. The van der Waals surface area contributed by atoms with Gasteiger partial charge in [0.05, 0.1) is 0 Å². The molecule has 1 aromatic carbocycles. The molecule has 2 rings (SSSR count). The van der Waals surface area contributed by atoms with E-state index in [0.717, 1.165) is 6.54 Å². The fraction of sp³-hybridized carbons (Fsp3) is 0.556. The Morgan fingerprint density at radius 1 is 1.11 bits per heavy atom. The summed E-state index contributed by atoms with van der Waals surface area (Å²) in [6.07, 6.45) is 8.97. The highest BCUT2D eigenvalue weighted by Gasteiger charge is 2.14. The molecule has 1 aliphatic rings. The summed E-state index contributed by atoms with van der Waals surface area (Å²) in [5.41, 5.74) is 5.84. The fourth-order valence-electron chi connectivity index (χ4n) is 3.12. The van der Waals surface area contributed by atoms with Gasteiger partial charge in [-0.25, -0.2) is 0 Å². The van der Waals surface area contributed by atoms with Gasteiger partial charge in [0, 0.05) is 6.04 Å². The Morgan fingerprint density at radius 3 is 2.42 bits per heavy atom. The van der Waals surface area contributed by atoms with E-state index in [1.807, 2.05) is 0 Å². The minimum Gasteiger partial charge on any atom is -0.310 e. The Balaban J connectivity index is 2.16. The summed E-state index contributed by atoms with van der Waals surface area (Å²) in [4.78, 5) is 0. The van der Waals surface area contributed by atoms with Crippen molar-refractivity contribution in [2.75, 3.05) is 6.54 Å². The highest BCUT2D eigenvalue weighted by Crippen LogP contribution is 2.28. The van der Waals surface area contributed by atoms with Gasteiger partial charge in [0.2, 0.25) is 0 Å². The SMILES string of the molecule is CCNC(CC1=CCCCC1)c1cc(C)cc(C)c1. The predicted octanol–water partition coefficient (Wildman–Crippen LogP) is 4.84. The molecule has 1 heteroatoms. The van der Waals surface area contributed by atoms with Crippen molar-refractivity contribution in [1.29, 1.82) is 0 Å². The second kappa shape index (κ2) is 6.91. The van der Waals surface area contributed by atoms with E-state index in [2.05, 4.69) is 50.4 Å². The highest BCUT2D eigenvalue weighted by molar-refractivity contribution is 5.31. The van der Waals surface area contributed by atoms with E-state index in [-0.39, 0.29) is 0 Å². The lowest BCUT2D eigenvalue weighted by Gasteiger charge is -2.23. The van der Waals surface area contributed by atoms with Gasteiger partial charge >= 0.3 is 0 Å². The number of benzene rings is 1. The monoisotopic (exact) mass is 257 g/mol. The van der Waals surface area contributed by atoms with Crippen LogP contribution in [0.3, 0.4) is 0 Å². The quantitative estimate of drug-likeness (QED) is 0.744. The van der Waals surface area contributed by atoms with Crippen molar-refractivity contribution >= 4 is 0 Å². The lowest BCUT2D eigenvalue weighted by atomic mass is 9.90. The Hall–Kier alpha value is -1.08. The van der Waals surface area contributed by atoms with Crippen molar-refractivity contribution in [3.05, 3.63) is 46.5 Å². The standard InChI is InChI=1S/C18H27N/c1-4-19-18(13-16-8-6-5-7-9-16)17-11-14(2)10-15(3)12-17/h8,10-12,18-19H,4-7,9,13H2,1-3H3. The molecule has 0 bridgehead atoms. The molecule has 1 nitrogen and oxygen atoms in total. The largest absolute Gasteiger partial charge is 0.310 e. The Kier molecular flexibility index (Phi) is 5.21. The Labute approximate surface area is 118 Å². The van der Waals surface area contributed by atoms with E-state index in [1.165, 1.54) is 48.8 Å². The van der Waals surface area contributed by atoms with Gasteiger partial charge in [-0.05, 0) is 58.1 Å². The van der Waals surface area contributed by atoms with Crippen molar-refractivity contribution in [2.24, 2.45) is 0 Å². The van der Waals surface area contributed by atoms with Gasteiger partial charge in [0.1, 0.15) is 0 Å². The second-order valence-corrected chi connectivity index (χ2v) is 5.84. The zero-order valence-electron chi connectivity index (χ0n) is 12.6. The molecule has 1 unspecified atom stereocenters. The van der Waals surface area contributed by atoms with Crippen LogP contribution < -0.4 is 5.32 Å². The lowest BCUT2D eigenvalue weighted by Crippen LogP contribution is -2.22.